The van der Waals surface area contributed by atoms with Gasteiger partial charge in [-0.05, 0) is 65.0 Å². The molecule has 0 radical (unpaired) electrons. The fourth-order valence-corrected chi connectivity index (χ4v) is 6.21. The molecule has 0 spiro atoms. The third kappa shape index (κ3) is 6.95. The summed E-state index contributed by atoms with van der Waals surface area (Å²) in [5.74, 6) is 0.433. The van der Waals surface area contributed by atoms with Crippen LogP contribution < -0.4 is 15.0 Å². The Kier molecular flexibility index (Phi) is 8.76. The molecule has 3 fully saturated rings. The lowest BCUT2D eigenvalue weighted by Gasteiger charge is -2.35. The number of amides is 2. The Bertz CT molecular complexity index is 1530. The Hall–Kier alpha value is -4.07. The van der Waals surface area contributed by atoms with Crippen molar-refractivity contribution < 1.29 is 32.6 Å². The number of morpholine rings is 1. The lowest BCUT2D eigenvalue weighted by molar-refractivity contribution is -0.132. The first-order chi connectivity index (χ1) is 21.6. The van der Waals surface area contributed by atoms with Gasteiger partial charge in [0.05, 0.1) is 24.2 Å². The number of likely N-dealkylation sites (tertiary alicyclic amines) is 1. The number of nitrogens with one attached hydrogen (secondary N) is 1. The number of imidazole rings is 1. The topological polar surface area (TPSA) is 124 Å². The van der Waals surface area contributed by atoms with Crippen LogP contribution in [0, 0.1) is 0 Å². The minimum atomic E-state index is -2.81. The molecule has 14 heteroatoms. The van der Waals surface area contributed by atoms with Gasteiger partial charge in [0.15, 0.2) is 5.82 Å². The van der Waals surface area contributed by atoms with E-state index in [2.05, 4.69) is 15.3 Å². The summed E-state index contributed by atoms with van der Waals surface area (Å²) in [6.45, 7) is 8.05. The fourth-order valence-electron chi connectivity index (χ4n) is 6.21. The zero-order valence-corrected chi connectivity index (χ0v) is 25.7. The quantitative estimate of drug-likeness (QED) is 0.406. The minimum Gasteiger partial charge on any atom is -0.474 e. The van der Waals surface area contributed by atoms with Gasteiger partial charge in [-0.15, -0.1) is 0 Å². The first-order valence-corrected chi connectivity index (χ1v) is 15.5. The molecule has 1 saturated carbocycles. The first kappa shape index (κ1) is 30.9. The molecule has 45 heavy (non-hydrogen) atoms. The van der Waals surface area contributed by atoms with Crippen molar-refractivity contribution in [1.29, 1.82) is 0 Å². The number of alkyl halides is 2. The van der Waals surface area contributed by atoms with Gasteiger partial charge in [-0.1, -0.05) is 12.1 Å². The van der Waals surface area contributed by atoms with Gasteiger partial charge in [0.2, 0.25) is 17.7 Å². The molecule has 1 N–H and O–H groups in total. The SMILES string of the molecule is CC(C)(C)OC(=O)N[C@H]1CCN(C2CCC(Oc3cc(-n4c(C(F)F)nc5ccccc54)nc(N4CCOCC4)n3)CC2)C1=O. The van der Waals surface area contributed by atoms with Gasteiger partial charge in [0.25, 0.3) is 6.43 Å². The number of alkyl carbamates (subject to hydrolysis) is 1. The lowest BCUT2D eigenvalue weighted by atomic mass is 9.92. The molecule has 1 aliphatic carbocycles. The number of nitrogens with zero attached hydrogens (tertiary/aromatic N) is 6. The van der Waals surface area contributed by atoms with E-state index in [9.17, 15) is 18.4 Å². The van der Waals surface area contributed by atoms with Crippen molar-refractivity contribution in [3.05, 3.63) is 36.2 Å². The molecule has 2 aliphatic heterocycles. The summed E-state index contributed by atoms with van der Waals surface area (Å²) in [5, 5.41) is 2.71. The molecule has 0 unspecified atom stereocenters. The van der Waals surface area contributed by atoms with Crippen LogP contribution in [0.2, 0.25) is 0 Å². The highest BCUT2D eigenvalue weighted by atomic mass is 19.3. The number of para-hydroxylation sites is 2. The summed E-state index contributed by atoms with van der Waals surface area (Å²) in [5.41, 5.74) is 0.315. The molecule has 242 valence electrons. The Balaban J connectivity index is 1.17. The smallest absolute Gasteiger partial charge is 0.408 e. The van der Waals surface area contributed by atoms with E-state index in [-0.39, 0.29) is 23.9 Å². The van der Waals surface area contributed by atoms with Gasteiger partial charge in [-0.2, -0.15) is 9.97 Å². The lowest BCUT2D eigenvalue weighted by Crippen LogP contribution is -2.47. The second-order valence-corrected chi connectivity index (χ2v) is 12.6. The monoisotopic (exact) mass is 627 g/mol. The van der Waals surface area contributed by atoms with E-state index in [1.165, 1.54) is 4.57 Å². The molecular formula is C31H39F2N7O5. The van der Waals surface area contributed by atoms with E-state index in [0.717, 1.165) is 12.8 Å². The van der Waals surface area contributed by atoms with Gasteiger partial charge in [-0.3, -0.25) is 9.36 Å². The summed E-state index contributed by atoms with van der Waals surface area (Å²) in [6, 6.07) is 8.00. The maximum absolute atomic E-state index is 14.2. The highest BCUT2D eigenvalue weighted by molar-refractivity contribution is 5.87. The van der Waals surface area contributed by atoms with E-state index in [0.29, 0.717) is 75.0 Å². The van der Waals surface area contributed by atoms with E-state index in [1.807, 2.05) is 9.80 Å². The number of halogens is 2. The molecule has 1 atom stereocenters. The molecule has 2 saturated heterocycles. The van der Waals surface area contributed by atoms with Gasteiger partial charge < -0.3 is 29.3 Å². The third-order valence-corrected chi connectivity index (χ3v) is 8.28. The number of benzene rings is 1. The van der Waals surface area contributed by atoms with E-state index < -0.39 is 30.0 Å². The van der Waals surface area contributed by atoms with Crippen LogP contribution in [-0.4, -0.2) is 93.1 Å². The predicted molar refractivity (Wildman–Crippen MR) is 161 cm³/mol. The highest BCUT2D eigenvalue weighted by Crippen LogP contribution is 2.32. The van der Waals surface area contributed by atoms with Crippen LogP contribution in [0.5, 0.6) is 5.88 Å². The van der Waals surface area contributed by atoms with E-state index in [1.54, 1.807) is 51.1 Å². The number of hydrogen-bond donors (Lipinski definition) is 1. The molecule has 6 rings (SSSR count). The second-order valence-electron chi connectivity index (χ2n) is 12.6. The first-order valence-electron chi connectivity index (χ1n) is 15.5. The number of aromatic nitrogens is 4. The molecule has 3 aromatic rings. The third-order valence-electron chi connectivity index (χ3n) is 8.28. The molecule has 0 bridgehead atoms. The average Bonchev–Trinajstić information content (AvgIpc) is 3.57. The number of rotatable bonds is 7. The molecule has 12 nitrogen and oxygen atoms in total. The highest BCUT2D eigenvalue weighted by Gasteiger charge is 2.39. The van der Waals surface area contributed by atoms with Crippen LogP contribution in [0.4, 0.5) is 19.5 Å². The Morgan fingerprint density at radius 2 is 1.76 bits per heavy atom. The minimum absolute atomic E-state index is 0.0403. The van der Waals surface area contributed by atoms with Crippen molar-refractivity contribution in [3.8, 4) is 11.7 Å². The zero-order valence-electron chi connectivity index (χ0n) is 25.7. The van der Waals surface area contributed by atoms with Crippen LogP contribution in [0.3, 0.4) is 0 Å². The van der Waals surface area contributed by atoms with Crippen molar-refractivity contribution in [2.45, 2.75) is 83.1 Å². The van der Waals surface area contributed by atoms with Gasteiger partial charge in [0.1, 0.15) is 23.6 Å². The number of fused-ring (bicyclic) bond motifs is 1. The Labute approximate surface area is 260 Å². The predicted octanol–water partition coefficient (Wildman–Crippen LogP) is 4.41. The van der Waals surface area contributed by atoms with Crippen molar-refractivity contribution in [2.75, 3.05) is 37.7 Å². The average molecular weight is 628 g/mol. The molecule has 2 amide bonds. The normalized spacial score (nSPS) is 22.7. The number of carbonyl (C=O) groups excluding carboxylic acids is 2. The molecule has 1 aromatic carbocycles. The summed E-state index contributed by atoms with van der Waals surface area (Å²) in [6.07, 6.45) is -0.231. The maximum Gasteiger partial charge on any atom is 0.408 e. The number of ether oxygens (including phenoxy) is 3. The number of anilines is 1. The van der Waals surface area contributed by atoms with Gasteiger partial charge >= 0.3 is 6.09 Å². The van der Waals surface area contributed by atoms with Crippen LogP contribution >= 0.6 is 0 Å². The number of hydrogen-bond acceptors (Lipinski definition) is 9. The fraction of sp³-hybridized carbons (Fsp3) is 0.581. The molecule has 2 aromatic heterocycles. The van der Waals surface area contributed by atoms with Crippen molar-refractivity contribution >= 4 is 29.0 Å². The molecule has 3 aliphatic rings. The van der Waals surface area contributed by atoms with Gasteiger partial charge in [-0.25, -0.2) is 18.6 Å². The van der Waals surface area contributed by atoms with Crippen LogP contribution in [-0.2, 0) is 14.3 Å². The van der Waals surface area contributed by atoms with Gasteiger partial charge in [0, 0.05) is 31.7 Å². The second kappa shape index (κ2) is 12.7. The molecular weight excluding hydrogens is 588 g/mol. The zero-order chi connectivity index (χ0) is 31.7. The Morgan fingerprint density at radius 3 is 2.47 bits per heavy atom. The van der Waals surface area contributed by atoms with E-state index >= 15 is 0 Å². The van der Waals surface area contributed by atoms with Crippen LogP contribution in [0.15, 0.2) is 30.3 Å². The summed E-state index contributed by atoms with van der Waals surface area (Å²) < 4.78 is 46.9. The Morgan fingerprint density at radius 1 is 1.02 bits per heavy atom. The van der Waals surface area contributed by atoms with Crippen LogP contribution in [0.25, 0.3) is 16.9 Å². The van der Waals surface area contributed by atoms with Crippen molar-refractivity contribution in [3.63, 3.8) is 0 Å². The molecule has 4 heterocycles. The van der Waals surface area contributed by atoms with Crippen LogP contribution in [0.1, 0.15) is 65.1 Å². The summed E-state index contributed by atoms with van der Waals surface area (Å²) >= 11 is 0. The largest absolute Gasteiger partial charge is 0.474 e. The maximum atomic E-state index is 14.2. The van der Waals surface area contributed by atoms with Crippen molar-refractivity contribution in [2.24, 2.45) is 0 Å². The number of carbonyl (C=O) groups is 2. The van der Waals surface area contributed by atoms with Crippen molar-refractivity contribution in [1.82, 2.24) is 29.7 Å². The summed E-state index contributed by atoms with van der Waals surface area (Å²) in [7, 11) is 0. The summed E-state index contributed by atoms with van der Waals surface area (Å²) in [4.78, 5) is 42.7. The standard InChI is InChI=1S/C31H39F2N7O5/c1-31(2,3)45-30(42)35-22-12-13-39(28(22)41)19-8-10-20(11-9-19)44-25-18-24(36-29(37-25)38-14-16-43-17-15-38)40-23-7-5-4-6-21(23)34-27(40)26(32)33/h4-7,18-20,22,26H,8-17H2,1-3H3,(H,35,42)/t19?,20?,22-/m0/s1. The van der Waals surface area contributed by atoms with E-state index in [4.69, 9.17) is 19.2 Å².